The molecule has 0 bridgehead atoms. The highest BCUT2D eigenvalue weighted by molar-refractivity contribution is 6.26. The van der Waals surface area contributed by atoms with Crippen molar-refractivity contribution < 1.29 is 8.83 Å². The summed E-state index contributed by atoms with van der Waals surface area (Å²) < 4.78 is 13.0. The summed E-state index contributed by atoms with van der Waals surface area (Å²) in [5.41, 5.74) is 13.6. The third kappa shape index (κ3) is 5.44. The Morgan fingerprint density at radius 2 is 0.780 bits per heavy atom. The maximum atomic E-state index is 6.75. The maximum absolute atomic E-state index is 6.75. The van der Waals surface area contributed by atoms with Crippen molar-refractivity contribution in [2.75, 3.05) is 4.90 Å². The van der Waals surface area contributed by atoms with Gasteiger partial charge in [-0.15, -0.1) is 0 Å². The molecule has 0 atom stereocenters. The van der Waals surface area contributed by atoms with Crippen molar-refractivity contribution in [3.63, 3.8) is 0 Å². The molecular weight excluding hydrogens is 719 g/mol. The second-order valence-corrected chi connectivity index (χ2v) is 15.2. The Balaban J connectivity index is 1.00. The van der Waals surface area contributed by atoms with Crippen molar-refractivity contribution in [1.82, 2.24) is 0 Å². The van der Waals surface area contributed by atoms with E-state index in [1.807, 2.05) is 24.3 Å². The summed E-state index contributed by atoms with van der Waals surface area (Å²) in [6.07, 6.45) is 0. The van der Waals surface area contributed by atoms with Crippen LogP contribution in [0.2, 0.25) is 0 Å². The van der Waals surface area contributed by atoms with Crippen molar-refractivity contribution in [1.29, 1.82) is 0 Å². The maximum Gasteiger partial charge on any atom is 0.143 e. The average Bonchev–Trinajstić information content (AvgIpc) is 3.88. The van der Waals surface area contributed by atoms with Gasteiger partial charge in [-0.25, -0.2) is 0 Å². The number of benzene rings is 10. The van der Waals surface area contributed by atoms with E-state index in [2.05, 4.69) is 193 Å². The Labute approximate surface area is 340 Å². The highest BCUT2D eigenvalue weighted by Gasteiger charge is 2.20. The summed E-state index contributed by atoms with van der Waals surface area (Å²) in [5, 5.41) is 9.31. The number of fused-ring (bicyclic) bond motifs is 9. The van der Waals surface area contributed by atoms with Crippen LogP contribution < -0.4 is 4.90 Å². The molecular formula is C56H35NO2. The van der Waals surface area contributed by atoms with Gasteiger partial charge in [0.2, 0.25) is 0 Å². The minimum Gasteiger partial charge on any atom is -0.456 e. The fourth-order valence-electron chi connectivity index (χ4n) is 9.13. The predicted molar refractivity (Wildman–Crippen MR) is 247 cm³/mol. The van der Waals surface area contributed by atoms with Gasteiger partial charge in [-0.2, -0.15) is 0 Å². The lowest BCUT2D eigenvalue weighted by Crippen LogP contribution is -2.10. The molecule has 0 aliphatic heterocycles. The molecule has 0 N–H and O–H groups in total. The first-order chi connectivity index (χ1) is 29.2. The van der Waals surface area contributed by atoms with Crippen molar-refractivity contribution >= 4 is 82.5 Å². The summed E-state index contributed by atoms with van der Waals surface area (Å²) in [6.45, 7) is 0. The van der Waals surface area contributed by atoms with E-state index in [9.17, 15) is 0 Å². The molecule has 3 nitrogen and oxygen atoms in total. The summed E-state index contributed by atoms with van der Waals surface area (Å²) in [7, 11) is 0. The van der Waals surface area contributed by atoms with Crippen molar-refractivity contribution in [2.24, 2.45) is 0 Å². The Hall–Kier alpha value is -7.88. The van der Waals surface area contributed by atoms with E-state index in [0.29, 0.717) is 0 Å². The molecule has 0 amide bonds. The summed E-state index contributed by atoms with van der Waals surface area (Å²) >= 11 is 0. The molecule has 59 heavy (non-hydrogen) atoms. The van der Waals surface area contributed by atoms with E-state index < -0.39 is 0 Å². The number of nitrogens with zero attached hydrogens (tertiary/aromatic N) is 1. The van der Waals surface area contributed by atoms with E-state index >= 15 is 0 Å². The normalized spacial score (nSPS) is 11.7. The lowest BCUT2D eigenvalue weighted by Gasteiger charge is -2.26. The molecule has 0 saturated carbocycles. The molecule has 276 valence electrons. The topological polar surface area (TPSA) is 29.5 Å². The Morgan fingerprint density at radius 1 is 0.288 bits per heavy atom. The van der Waals surface area contributed by atoms with Gasteiger partial charge in [0.25, 0.3) is 0 Å². The van der Waals surface area contributed by atoms with Crippen molar-refractivity contribution in [3.8, 4) is 33.4 Å². The molecule has 12 aromatic rings. The Bertz CT molecular complexity index is 3420. The Morgan fingerprint density at radius 3 is 1.44 bits per heavy atom. The highest BCUT2D eigenvalue weighted by atomic mass is 16.3. The predicted octanol–water partition coefficient (Wildman–Crippen LogP) is 16.3. The molecule has 2 heterocycles. The van der Waals surface area contributed by atoms with E-state index in [1.54, 1.807) is 0 Å². The summed E-state index contributed by atoms with van der Waals surface area (Å²) in [5.74, 6) is 0. The number of anilines is 3. The van der Waals surface area contributed by atoms with E-state index in [1.165, 1.54) is 43.8 Å². The van der Waals surface area contributed by atoms with Crippen LogP contribution in [0.4, 0.5) is 17.1 Å². The van der Waals surface area contributed by atoms with Crippen LogP contribution >= 0.6 is 0 Å². The molecule has 0 aliphatic rings. The monoisotopic (exact) mass is 753 g/mol. The molecule has 0 spiro atoms. The van der Waals surface area contributed by atoms with Gasteiger partial charge in [0.05, 0.1) is 0 Å². The zero-order valence-corrected chi connectivity index (χ0v) is 32.0. The second-order valence-electron chi connectivity index (χ2n) is 15.2. The van der Waals surface area contributed by atoms with Gasteiger partial charge in [-0.3, -0.25) is 0 Å². The molecule has 0 radical (unpaired) electrons. The summed E-state index contributed by atoms with van der Waals surface area (Å²) in [4.78, 5) is 2.35. The fourth-order valence-corrected chi connectivity index (χ4v) is 9.13. The Kier molecular flexibility index (Phi) is 7.54. The van der Waals surface area contributed by atoms with Crippen molar-refractivity contribution in [3.05, 3.63) is 212 Å². The molecule has 3 heteroatoms. The third-order valence-electron chi connectivity index (χ3n) is 11.9. The smallest absolute Gasteiger partial charge is 0.143 e. The quantitative estimate of drug-likeness (QED) is 0.169. The van der Waals surface area contributed by atoms with Crippen LogP contribution in [0.5, 0.6) is 0 Å². The molecule has 10 aromatic carbocycles. The average molecular weight is 754 g/mol. The van der Waals surface area contributed by atoms with E-state index in [-0.39, 0.29) is 0 Å². The molecule has 0 unspecified atom stereocenters. The number of hydrogen-bond acceptors (Lipinski definition) is 3. The van der Waals surface area contributed by atoms with Crippen LogP contribution in [0, 0.1) is 0 Å². The van der Waals surface area contributed by atoms with Crippen LogP contribution in [0.3, 0.4) is 0 Å². The molecule has 0 aliphatic carbocycles. The van der Waals surface area contributed by atoms with E-state index in [0.717, 1.165) is 72.1 Å². The standard InChI is InChI=1S/C56H35NO2/c1-3-17-44-36(11-1)13-8-20-46(44)38-25-29-41(30-26-38)57(42-31-27-39(28-32-42)47-21-9-14-37-12-2-4-18-45(37)47)43-16-7-15-40(35-43)48-22-10-23-50-55-53(59-56(48)50)34-33-52-54(55)49-19-5-6-24-51(49)58-52/h1-35H. The van der Waals surface area contributed by atoms with Crippen LogP contribution in [-0.4, -0.2) is 0 Å². The van der Waals surface area contributed by atoms with Gasteiger partial charge in [0.15, 0.2) is 0 Å². The largest absolute Gasteiger partial charge is 0.456 e. The first-order valence-electron chi connectivity index (χ1n) is 20.1. The third-order valence-corrected chi connectivity index (χ3v) is 11.9. The lowest BCUT2D eigenvalue weighted by atomic mass is 9.97. The van der Waals surface area contributed by atoms with Gasteiger partial charge in [-0.05, 0) is 104 Å². The van der Waals surface area contributed by atoms with Crippen LogP contribution in [-0.2, 0) is 0 Å². The molecule has 2 aromatic heterocycles. The fraction of sp³-hybridized carbons (Fsp3) is 0. The number of para-hydroxylation sites is 2. The minimum absolute atomic E-state index is 0.849. The molecule has 12 rings (SSSR count). The molecule has 0 fully saturated rings. The van der Waals surface area contributed by atoms with Crippen molar-refractivity contribution in [2.45, 2.75) is 0 Å². The molecule has 0 saturated heterocycles. The van der Waals surface area contributed by atoms with Gasteiger partial charge < -0.3 is 13.7 Å². The van der Waals surface area contributed by atoms with E-state index in [4.69, 9.17) is 8.83 Å². The minimum atomic E-state index is 0.849. The zero-order valence-electron chi connectivity index (χ0n) is 32.0. The van der Waals surface area contributed by atoms with Crippen LogP contribution in [0.1, 0.15) is 0 Å². The number of rotatable bonds is 6. The van der Waals surface area contributed by atoms with Crippen LogP contribution in [0.15, 0.2) is 221 Å². The number of furan rings is 2. The first-order valence-corrected chi connectivity index (χ1v) is 20.1. The zero-order chi connectivity index (χ0) is 38.9. The SMILES string of the molecule is c1cc(-c2cccc3c2oc2ccc4oc5ccccc5c4c23)cc(N(c2ccc(-c3cccc4ccccc34)cc2)c2ccc(-c3cccc4ccccc34)cc2)c1. The van der Waals surface area contributed by atoms with Gasteiger partial charge in [-0.1, -0.05) is 158 Å². The highest BCUT2D eigenvalue weighted by Crippen LogP contribution is 2.44. The van der Waals surface area contributed by atoms with Crippen LogP contribution in [0.25, 0.3) is 98.8 Å². The van der Waals surface area contributed by atoms with Gasteiger partial charge in [0, 0.05) is 44.2 Å². The second kappa shape index (κ2) is 13.4. The van der Waals surface area contributed by atoms with Gasteiger partial charge in [0.1, 0.15) is 22.3 Å². The van der Waals surface area contributed by atoms with Gasteiger partial charge >= 0.3 is 0 Å². The first kappa shape index (κ1) is 33.3. The summed E-state index contributed by atoms with van der Waals surface area (Å²) in [6, 6.07) is 75.7. The lowest BCUT2D eigenvalue weighted by molar-refractivity contribution is 0.663. The number of hydrogen-bond donors (Lipinski definition) is 0.